The number of hydrogen-bond donors (Lipinski definition) is 0. The van der Waals surface area contributed by atoms with Gasteiger partial charge in [0, 0.05) is 6.07 Å². The highest BCUT2D eigenvalue weighted by Gasteiger charge is 1.99. The minimum atomic E-state index is -0.363. The van der Waals surface area contributed by atoms with Gasteiger partial charge < -0.3 is 4.74 Å². The van der Waals surface area contributed by atoms with Crippen molar-refractivity contribution in [3.8, 4) is 5.75 Å². The van der Waals surface area contributed by atoms with E-state index in [2.05, 4.69) is 12.7 Å². The number of alkyl halides is 1. The monoisotopic (exact) mass is 199 g/mol. The molecule has 3 heteroatoms. The third-order valence-corrected chi connectivity index (χ3v) is 1.58. The second-order valence-electron chi connectivity index (χ2n) is 2.39. The summed E-state index contributed by atoms with van der Waals surface area (Å²) in [5.41, 5.74) is 0.574. The predicted octanol–water partition coefficient (Wildman–Crippen LogP) is 2.78. The van der Waals surface area contributed by atoms with Gasteiger partial charge in [-0.25, -0.2) is 4.39 Å². The molecule has 0 aliphatic heterocycles. The minimum Gasteiger partial charge on any atom is -0.492 e. The Bertz CT molecular complexity index is 299. The first-order valence-electron chi connectivity index (χ1n) is 3.78. The SMILES string of the molecule is C=[C]c1cc(F)cc(OCCCl)c1. The molecule has 0 saturated carbocycles. The van der Waals surface area contributed by atoms with Crippen molar-refractivity contribution in [1.82, 2.24) is 0 Å². The van der Waals surface area contributed by atoms with E-state index in [-0.39, 0.29) is 5.82 Å². The van der Waals surface area contributed by atoms with Gasteiger partial charge in [-0.1, -0.05) is 6.58 Å². The quantitative estimate of drug-likeness (QED) is 0.678. The van der Waals surface area contributed by atoms with Gasteiger partial charge in [0.05, 0.1) is 5.88 Å². The summed E-state index contributed by atoms with van der Waals surface area (Å²) in [7, 11) is 0. The maximum Gasteiger partial charge on any atom is 0.127 e. The van der Waals surface area contributed by atoms with E-state index in [0.717, 1.165) is 0 Å². The van der Waals surface area contributed by atoms with E-state index < -0.39 is 0 Å². The third-order valence-electron chi connectivity index (χ3n) is 1.42. The maximum atomic E-state index is 12.9. The standard InChI is InChI=1S/C10H9ClFO/c1-2-8-5-9(12)7-10(6-8)13-4-3-11/h5-7H,1,3-4H2. The second-order valence-corrected chi connectivity index (χ2v) is 2.77. The number of rotatable bonds is 4. The zero-order valence-corrected chi connectivity index (χ0v) is 7.77. The summed E-state index contributed by atoms with van der Waals surface area (Å²) in [6.45, 7) is 3.78. The molecule has 0 spiro atoms. The number of hydrogen-bond acceptors (Lipinski definition) is 1. The Hall–Kier alpha value is -1.02. The highest BCUT2D eigenvalue weighted by molar-refractivity contribution is 6.17. The topological polar surface area (TPSA) is 9.23 Å². The minimum absolute atomic E-state index is 0.363. The number of ether oxygens (including phenoxy) is 1. The van der Waals surface area contributed by atoms with Crippen molar-refractivity contribution in [1.29, 1.82) is 0 Å². The van der Waals surface area contributed by atoms with Gasteiger partial charge in [-0.05, 0) is 23.8 Å². The summed E-state index contributed by atoms with van der Waals surface area (Å²) >= 11 is 5.42. The molecule has 0 unspecified atom stereocenters. The molecular weight excluding hydrogens is 191 g/mol. The molecule has 0 saturated heterocycles. The van der Waals surface area contributed by atoms with Gasteiger partial charge in [0.2, 0.25) is 0 Å². The molecule has 0 aliphatic carbocycles. The molecular formula is C10H9ClFO. The molecule has 1 rings (SSSR count). The molecule has 1 aromatic rings. The van der Waals surface area contributed by atoms with Gasteiger partial charge in [0.25, 0.3) is 0 Å². The average Bonchev–Trinajstić information content (AvgIpc) is 2.14. The molecule has 0 fully saturated rings. The Morgan fingerprint density at radius 3 is 2.85 bits per heavy atom. The Labute approximate surface area is 81.8 Å². The normalized spacial score (nSPS) is 9.69. The van der Waals surface area contributed by atoms with Crippen LogP contribution in [0.2, 0.25) is 0 Å². The van der Waals surface area contributed by atoms with Crippen LogP contribution >= 0.6 is 11.6 Å². The van der Waals surface area contributed by atoms with Crippen LogP contribution in [-0.2, 0) is 0 Å². The fourth-order valence-corrected chi connectivity index (χ4v) is 0.982. The first kappa shape index (κ1) is 10.1. The molecule has 69 valence electrons. The molecule has 1 aromatic carbocycles. The zero-order valence-electron chi connectivity index (χ0n) is 7.02. The van der Waals surface area contributed by atoms with Gasteiger partial charge in [0.1, 0.15) is 18.2 Å². The zero-order chi connectivity index (χ0) is 9.68. The van der Waals surface area contributed by atoms with Gasteiger partial charge in [-0.15, -0.1) is 11.6 Å². The van der Waals surface area contributed by atoms with E-state index in [4.69, 9.17) is 16.3 Å². The first-order chi connectivity index (χ1) is 6.26. The van der Waals surface area contributed by atoms with Crippen LogP contribution in [0.15, 0.2) is 24.8 Å². The van der Waals surface area contributed by atoms with Crippen LogP contribution in [0.3, 0.4) is 0 Å². The fraction of sp³-hybridized carbons (Fsp3) is 0.200. The number of halogens is 2. The van der Waals surface area contributed by atoms with Crippen LogP contribution < -0.4 is 4.74 Å². The second kappa shape index (κ2) is 4.87. The molecule has 1 radical (unpaired) electrons. The maximum absolute atomic E-state index is 12.9. The Morgan fingerprint density at radius 1 is 1.46 bits per heavy atom. The first-order valence-corrected chi connectivity index (χ1v) is 4.32. The van der Waals surface area contributed by atoms with Crippen molar-refractivity contribution in [2.75, 3.05) is 12.5 Å². The van der Waals surface area contributed by atoms with E-state index >= 15 is 0 Å². The van der Waals surface area contributed by atoms with Crippen molar-refractivity contribution in [2.45, 2.75) is 0 Å². The fourth-order valence-electron chi connectivity index (χ4n) is 0.905. The summed E-state index contributed by atoms with van der Waals surface area (Å²) in [5.74, 6) is 0.467. The average molecular weight is 200 g/mol. The van der Waals surface area contributed by atoms with Crippen molar-refractivity contribution in [3.05, 3.63) is 42.2 Å². The van der Waals surface area contributed by atoms with Crippen LogP contribution in [0.1, 0.15) is 5.56 Å². The van der Waals surface area contributed by atoms with Crippen molar-refractivity contribution < 1.29 is 9.13 Å². The molecule has 0 aromatic heterocycles. The van der Waals surface area contributed by atoms with Gasteiger partial charge >= 0.3 is 0 Å². The Balaban J connectivity index is 2.81. The lowest BCUT2D eigenvalue weighted by atomic mass is 10.2. The van der Waals surface area contributed by atoms with E-state index in [1.165, 1.54) is 12.1 Å². The van der Waals surface area contributed by atoms with Crippen LogP contribution in [-0.4, -0.2) is 12.5 Å². The van der Waals surface area contributed by atoms with E-state index in [1.807, 2.05) is 0 Å². The lowest BCUT2D eigenvalue weighted by molar-refractivity contribution is 0.340. The molecule has 0 aliphatic rings. The summed E-state index contributed by atoms with van der Waals surface area (Å²) in [5, 5.41) is 0. The molecule has 1 nitrogen and oxygen atoms in total. The Kier molecular flexibility index (Phi) is 3.77. The van der Waals surface area contributed by atoms with E-state index in [0.29, 0.717) is 23.8 Å². The van der Waals surface area contributed by atoms with Gasteiger partial charge in [-0.3, -0.25) is 0 Å². The van der Waals surface area contributed by atoms with Crippen LogP contribution in [0.25, 0.3) is 0 Å². The molecule has 0 heterocycles. The number of benzene rings is 1. The molecule has 0 amide bonds. The largest absolute Gasteiger partial charge is 0.492 e. The van der Waals surface area contributed by atoms with Crippen molar-refractivity contribution >= 4 is 11.6 Å². The smallest absolute Gasteiger partial charge is 0.127 e. The lowest BCUT2D eigenvalue weighted by Gasteiger charge is -2.04. The van der Waals surface area contributed by atoms with Crippen LogP contribution in [0.4, 0.5) is 4.39 Å². The predicted molar refractivity (Wildman–Crippen MR) is 50.6 cm³/mol. The highest BCUT2D eigenvalue weighted by Crippen LogP contribution is 2.16. The van der Waals surface area contributed by atoms with Crippen LogP contribution in [0, 0.1) is 11.9 Å². The summed E-state index contributed by atoms with van der Waals surface area (Å²) in [4.78, 5) is 0. The van der Waals surface area contributed by atoms with E-state index in [1.54, 1.807) is 6.07 Å². The van der Waals surface area contributed by atoms with Crippen molar-refractivity contribution in [3.63, 3.8) is 0 Å². The van der Waals surface area contributed by atoms with Crippen LogP contribution in [0.5, 0.6) is 5.75 Å². The molecule has 13 heavy (non-hydrogen) atoms. The molecule has 0 bridgehead atoms. The highest BCUT2D eigenvalue weighted by atomic mass is 35.5. The lowest BCUT2D eigenvalue weighted by Crippen LogP contribution is -1.98. The third kappa shape index (κ3) is 3.07. The van der Waals surface area contributed by atoms with Crippen molar-refractivity contribution in [2.24, 2.45) is 0 Å². The summed E-state index contributed by atoms with van der Waals surface area (Å²) < 4.78 is 18.0. The summed E-state index contributed by atoms with van der Waals surface area (Å²) in [6.07, 6.45) is 2.58. The van der Waals surface area contributed by atoms with Gasteiger partial charge in [0.15, 0.2) is 0 Å². The van der Waals surface area contributed by atoms with Gasteiger partial charge in [-0.2, -0.15) is 0 Å². The van der Waals surface area contributed by atoms with E-state index in [9.17, 15) is 4.39 Å². The molecule has 0 atom stereocenters. The Morgan fingerprint density at radius 2 is 2.23 bits per heavy atom. The summed E-state index contributed by atoms with van der Waals surface area (Å²) in [6, 6.07) is 4.29. The molecule has 0 N–H and O–H groups in total.